The monoisotopic (exact) mass is 378 g/mol. The van der Waals surface area contributed by atoms with Gasteiger partial charge in [-0.15, -0.1) is 0 Å². The third-order valence-corrected chi connectivity index (χ3v) is 4.39. The summed E-state index contributed by atoms with van der Waals surface area (Å²) in [5, 5.41) is 0. The summed E-state index contributed by atoms with van der Waals surface area (Å²) in [7, 11) is 1.59. The van der Waals surface area contributed by atoms with E-state index in [2.05, 4.69) is 0 Å². The molecule has 7 heteroatoms. The van der Waals surface area contributed by atoms with E-state index in [1.807, 2.05) is 0 Å². The quantitative estimate of drug-likeness (QED) is 0.755. The summed E-state index contributed by atoms with van der Waals surface area (Å²) in [5.41, 5.74) is -0.157. The molecule has 6 nitrogen and oxygen atoms in total. The molecular weight excluding hydrogens is 351 g/mol. The predicted molar refractivity (Wildman–Crippen MR) is 98.5 cm³/mol. The number of halogens is 1. The molecule has 1 heterocycles. The van der Waals surface area contributed by atoms with Gasteiger partial charge in [-0.05, 0) is 57.9 Å². The molecule has 1 aromatic rings. The second kappa shape index (κ2) is 8.50. The Morgan fingerprint density at radius 1 is 1.15 bits per heavy atom. The van der Waals surface area contributed by atoms with Gasteiger partial charge in [0.05, 0.1) is 0 Å². The second-order valence-corrected chi connectivity index (χ2v) is 7.85. The molecule has 2 amide bonds. The lowest BCUT2D eigenvalue weighted by molar-refractivity contribution is -0.159. The SMILES string of the molecule is CN(CC(=O)OC(C)(C)C)C(=O)C1CCN(C(=O)c2ccc(F)cc2)CC1. The maximum Gasteiger partial charge on any atom is 0.326 e. The molecule has 27 heavy (non-hydrogen) atoms. The van der Waals surface area contributed by atoms with Crippen LogP contribution in [0.3, 0.4) is 0 Å². The number of rotatable bonds is 4. The fourth-order valence-electron chi connectivity index (χ4n) is 3.06. The fraction of sp³-hybridized carbons (Fsp3) is 0.550. The number of amides is 2. The average Bonchev–Trinajstić information content (AvgIpc) is 2.59. The van der Waals surface area contributed by atoms with E-state index in [1.165, 1.54) is 29.2 Å². The molecule has 148 valence electrons. The number of piperidine rings is 1. The van der Waals surface area contributed by atoms with E-state index in [0.717, 1.165) is 0 Å². The Morgan fingerprint density at radius 2 is 1.70 bits per heavy atom. The van der Waals surface area contributed by atoms with Crippen molar-refractivity contribution in [2.45, 2.75) is 39.2 Å². The summed E-state index contributed by atoms with van der Waals surface area (Å²) in [6, 6.07) is 5.44. The van der Waals surface area contributed by atoms with Crippen LogP contribution in [-0.4, -0.2) is 59.9 Å². The first-order valence-electron chi connectivity index (χ1n) is 9.08. The van der Waals surface area contributed by atoms with Crippen molar-refractivity contribution in [2.24, 2.45) is 5.92 Å². The lowest BCUT2D eigenvalue weighted by Gasteiger charge is -2.33. The number of likely N-dealkylation sites (N-methyl/N-ethyl adjacent to an activating group) is 1. The zero-order valence-corrected chi connectivity index (χ0v) is 16.3. The molecular formula is C20H27FN2O4. The molecule has 0 spiro atoms. The Bertz CT molecular complexity index is 689. The van der Waals surface area contributed by atoms with Gasteiger partial charge in [0, 0.05) is 31.6 Å². The van der Waals surface area contributed by atoms with Crippen LogP contribution < -0.4 is 0 Å². The summed E-state index contributed by atoms with van der Waals surface area (Å²) in [6.07, 6.45) is 1.06. The van der Waals surface area contributed by atoms with Crippen molar-refractivity contribution in [3.8, 4) is 0 Å². The molecule has 1 fully saturated rings. The predicted octanol–water partition coefficient (Wildman–Crippen LogP) is 2.48. The van der Waals surface area contributed by atoms with Crippen LogP contribution in [0.25, 0.3) is 0 Å². The lowest BCUT2D eigenvalue weighted by atomic mass is 9.95. The van der Waals surface area contributed by atoms with Crippen LogP contribution in [0.15, 0.2) is 24.3 Å². The van der Waals surface area contributed by atoms with E-state index in [0.29, 0.717) is 31.5 Å². The molecule has 0 atom stereocenters. The van der Waals surface area contributed by atoms with Crippen LogP contribution in [-0.2, 0) is 14.3 Å². The van der Waals surface area contributed by atoms with Gasteiger partial charge in [0.15, 0.2) is 0 Å². The number of carbonyl (C=O) groups is 3. The van der Waals surface area contributed by atoms with Gasteiger partial charge in [-0.3, -0.25) is 14.4 Å². The highest BCUT2D eigenvalue weighted by atomic mass is 19.1. The second-order valence-electron chi connectivity index (χ2n) is 7.85. The van der Waals surface area contributed by atoms with Crippen molar-refractivity contribution in [2.75, 3.05) is 26.7 Å². The van der Waals surface area contributed by atoms with Crippen LogP contribution in [0.2, 0.25) is 0 Å². The minimum atomic E-state index is -0.590. The molecule has 0 N–H and O–H groups in total. The number of ether oxygens (including phenoxy) is 1. The molecule has 0 aromatic heterocycles. The maximum atomic E-state index is 13.0. The number of esters is 1. The van der Waals surface area contributed by atoms with Crippen LogP contribution in [0.4, 0.5) is 4.39 Å². The van der Waals surface area contributed by atoms with Crippen molar-refractivity contribution in [1.29, 1.82) is 0 Å². The molecule has 1 aromatic carbocycles. The fourth-order valence-corrected chi connectivity index (χ4v) is 3.06. The molecule has 0 unspecified atom stereocenters. The number of benzene rings is 1. The number of hydrogen-bond donors (Lipinski definition) is 0. The standard InChI is InChI=1S/C20H27FN2O4/c1-20(2,3)27-17(24)13-22(4)18(25)15-9-11-23(12-10-15)19(26)14-5-7-16(21)8-6-14/h5-8,15H,9-13H2,1-4H3. The van der Waals surface area contributed by atoms with Crippen LogP contribution in [0.1, 0.15) is 44.0 Å². The molecule has 1 aliphatic rings. The first-order chi connectivity index (χ1) is 12.6. The number of nitrogens with zero attached hydrogens (tertiary/aromatic N) is 2. The van der Waals surface area contributed by atoms with Crippen LogP contribution in [0.5, 0.6) is 0 Å². The minimum Gasteiger partial charge on any atom is -0.459 e. The average molecular weight is 378 g/mol. The van der Waals surface area contributed by atoms with Gasteiger partial charge in [-0.25, -0.2) is 4.39 Å². The zero-order valence-electron chi connectivity index (χ0n) is 16.3. The third-order valence-electron chi connectivity index (χ3n) is 4.39. The number of hydrogen-bond acceptors (Lipinski definition) is 4. The first kappa shape index (κ1) is 20.9. The summed E-state index contributed by atoms with van der Waals surface area (Å²) in [4.78, 5) is 39.9. The van der Waals surface area contributed by atoms with Crippen LogP contribution >= 0.6 is 0 Å². The largest absolute Gasteiger partial charge is 0.459 e. The van der Waals surface area contributed by atoms with Crippen molar-refractivity contribution >= 4 is 17.8 Å². The highest BCUT2D eigenvalue weighted by Crippen LogP contribution is 2.21. The normalized spacial score (nSPS) is 15.4. The molecule has 2 rings (SSSR count). The Labute approximate surface area is 159 Å². The van der Waals surface area contributed by atoms with Crippen molar-refractivity contribution in [3.63, 3.8) is 0 Å². The van der Waals surface area contributed by atoms with E-state index in [1.54, 1.807) is 32.7 Å². The highest BCUT2D eigenvalue weighted by molar-refractivity contribution is 5.94. The zero-order chi connectivity index (χ0) is 20.2. The molecule has 1 aliphatic heterocycles. The van der Waals surface area contributed by atoms with Crippen molar-refractivity contribution in [1.82, 2.24) is 9.80 Å². The van der Waals surface area contributed by atoms with Gasteiger partial charge in [0.25, 0.3) is 5.91 Å². The Morgan fingerprint density at radius 3 is 2.22 bits per heavy atom. The van der Waals surface area contributed by atoms with Gasteiger partial charge in [-0.2, -0.15) is 0 Å². The highest BCUT2D eigenvalue weighted by Gasteiger charge is 2.30. The summed E-state index contributed by atoms with van der Waals surface area (Å²) in [5.74, 6) is -1.33. The van der Waals surface area contributed by atoms with Gasteiger partial charge >= 0.3 is 5.97 Å². The number of carbonyl (C=O) groups excluding carboxylic acids is 3. The molecule has 0 saturated carbocycles. The topological polar surface area (TPSA) is 66.9 Å². The smallest absolute Gasteiger partial charge is 0.326 e. The van der Waals surface area contributed by atoms with E-state index in [9.17, 15) is 18.8 Å². The van der Waals surface area contributed by atoms with Gasteiger partial charge in [0.2, 0.25) is 5.91 Å². The van der Waals surface area contributed by atoms with E-state index < -0.39 is 11.6 Å². The van der Waals surface area contributed by atoms with E-state index in [4.69, 9.17) is 4.74 Å². The third kappa shape index (κ3) is 6.05. The van der Waals surface area contributed by atoms with Crippen molar-refractivity contribution < 1.29 is 23.5 Å². The summed E-state index contributed by atoms with van der Waals surface area (Å²) >= 11 is 0. The van der Waals surface area contributed by atoms with Gasteiger partial charge in [0.1, 0.15) is 18.0 Å². The Hall–Kier alpha value is -2.44. The van der Waals surface area contributed by atoms with E-state index >= 15 is 0 Å². The van der Waals surface area contributed by atoms with Gasteiger partial charge < -0.3 is 14.5 Å². The number of likely N-dealkylation sites (tertiary alicyclic amines) is 1. The Balaban J connectivity index is 1.85. The molecule has 1 saturated heterocycles. The Kier molecular flexibility index (Phi) is 6.57. The maximum absolute atomic E-state index is 13.0. The molecule has 0 bridgehead atoms. The summed E-state index contributed by atoms with van der Waals surface area (Å²) < 4.78 is 18.2. The first-order valence-corrected chi connectivity index (χ1v) is 9.08. The van der Waals surface area contributed by atoms with Crippen LogP contribution in [0, 0.1) is 11.7 Å². The molecule has 0 aliphatic carbocycles. The summed E-state index contributed by atoms with van der Waals surface area (Å²) in [6.45, 7) is 6.15. The van der Waals surface area contributed by atoms with Crippen molar-refractivity contribution in [3.05, 3.63) is 35.6 Å². The van der Waals surface area contributed by atoms with E-state index in [-0.39, 0.29) is 30.1 Å². The molecule has 0 radical (unpaired) electrons. The van der Waals surface area contributed by atoms with Gasteiger partial charge in [-0.1, -0.05) is 0 Å². The lowest BCUT2D eigenvalue weighted by Crippen LogP contribution is -2.45. The minimum absolute atomic E-state index is 0.0924.